The van der Waals surface area contributed by atoms with Gasteiger partial charge in [0.2, 0.25) is 5.95 Å². The summed E-state index contributed by atoms with van der Waals surface area (Å²) in [5, 5.41) is 3.44. The molecule has 0 amide bonds. The van der Waals surface area contributed by atoms with Crippen molar-refractivity contribution in [3.05, 3.63) is 66.1 Å². The molecule has 0 saturated carbocycles. The summed E-state index contributed by atoms with van der Waals surface area (Å²) in [6.45, 7) is 0.412. The number of anilines is 2. The molecule has 0 spiro atoms. The van der Waals surface area contributed by atoms with Gasteiger partial charge in [-0.1, -0.05) is 12.1 Å². The Hall–Kier alpha value is -3.40. The first-order valence-corrected chi connectivity index (χ1v) is 11.4. The number of thioether (sulfide) groups is 1. The highest BCUT2D eigenvalue weighted by molar-refractivity contribution is 7.99. The van der Waals surface area contributed by atoms with Crippen molar-refractivity contribution >= 4 is 34.3 Å². The molecule has 0 saturated heterocycles. The quantitative estimate of drug-likeness (QED) is 0.491. The molecule has 10 heteroatoms. The average molecular weight is 452 g/mol. The molecule has 1 N–H and O–H groups in total. The number of fused-ring (bicyclic) bond motifs is 3. The predicted octanol–water partition coefficient (Wildman–Crippen LogP) is 4.50. The molecule has 0 radical (unpaired) electrons. The normalized spacial score (nSPS) is 19.4. The van der Waals surface area contributed by atoms with Gasteiger partial charge in [-0.05, 0) is 24.5 Å². The molecule has 32 heavy (non-hydrogen) atoms. The van der Waals surface area contributed by atoms with Gasteiger partial charge in [0.25, 0.3) is 0 Å². The number of ether oxygens (including phenoxy) is 1. The first-order valence-electron chi connectivity index (χ1n) is 10.1. The number of imidazole rings is 1. The molecule has 162 valence electrons. The van der Waals surface area contributed by atoms with Crippen LogP contribution in [0.25, 0.3) is 17.0 Å². The van der Waals surface area contributed by atoms with E-state index in [1.165, 1.54) is 18.2 Å². The molecule has 4 heterocycles. The van der Waals surface area contributed by atoms with Crippen molar-refractivity contribution in [2.45, 2.75) is 18.0 Å². The van der Waals surface area contributed by atoms with Crippen LogP contribution >= 0.6 is 11.8 Å². The van der Waals surface area contributed by atoms with Gasteiger partial charge >= 0.3 is 0 Å². The summed E-state index contributed by atoms with van der Waals surface area (Å²) in [5.41, 5.74) is 2.71. The van der Waals surface area contributed by atoms with E-state index in [0.29, 0.717) is 41.6 Å². The van der Waals surface area contributed by atoms with Crippen LogP contribution < -0.4 is 15.0 Å². The molecular weight excluding hydrogens is 434 g/mol. The van der Waals surface area contributed by atoms with E-state index in [-0.39, 0.29) is 23.2 Å². The fourth-order valence-electron chi connectivity index (χ4n) is 4.37. The van der Waals surface area contributed by atoms with Crippen LogP contribution in [0.1, 0.15) is 18.0 Å². The van der Waals surface area contributed by atoms with Crippen LogP contribution in [0.5, 0.6) is 5.75 Å². The van der Waals surface area contributed by atoms with Crippen molar-refractivity contribution in [3.8, 4) is 11.7 Å². The summed E-state index contributed by atoms with van der Waals surface area (Å²) in [7, 11) is 0. The zero-order chi connectivity index (χ0) is 21.8. The minimum atomic E-state index is -0.365. The molecule has 2 aliphatic heterocycles. The minimum absolute atomic E-state index is 0.106. The molecule has 2 aliphatic rings. The number of para-hydroxylation sites is 1. The van der Waals surface area contributed by atoms with Crippen LogP contribution in [0.3, 0.4) is 0 Å². The Morgan fingerprint density at radius 1 is 1.19 bits per heavy atom. The van der Waals surface area contributed by atoms with E-state index < -0.39 is 0 Å². The molecule has 2 aromatic carbocycles. The maximum Gasteiger partial charge on any atom is 0.237 e. The maximum absolute atomic E-state index is 14.4. The third-order valence-electron chi connectivity index (χ3n) is 5.81. The summed E-state index contributed by atoms with van der Waals surface area (Å²) >= 11 is 1.62. The summed E-state index contributed by atoms with van der Waals surface area (Å²) in [6, 6.07) is 9.29. The van der Waals surface area contributed by atoms with E-state index in [4.69, 9.17) is 9.72 Å². The lowest BCUT2D eigenvalue weighted by Gasteiger charge is -2.36. The molecule has 2 unspecified atom stereocenters. The molecule has 0 aliphatic carbocycles. The van der Waals surface area contributed by atoms with Crippen molar-refractivity contribution < 1.29 is 13.5 Å². The Bertz CT molecular complexity index is 1350. The van der Waals surface area contributed by atoms with Crippen molar-refractivity contribution in [2.24, 2.45) is 0 Å². The zero-order valence-electron chi connectivity index (χ0n) is 17.0. The maximum atomic E-state index is 14.4. The molecular formula is C22H18F2N6OS. The Balaban J connectivity index is 1.48. The second-order valence-corrected chi connectivity index (χ2v) is 8.52. The van der Waals surface area contributed by atoms with E-state index >= 15 is 0 Å². The topological polar surface area (TPSA) is 68.1 Å². The van der Waals surface area contributed by atoms with Crippen LogP contribution in [0.2, 0.25) is 0 Å². The predicted molar refractivity (Wildman–Crippen MR) is 119 cm³/mol. The zero-order valence-corrected chi connectivity index (χ0v) is 17.8. The van der Waals surface area contributed by atoms with E-state index in [9.17, 15) is 8.78 Å². The molecule has 2 atom stereocenters. The van der Waals surface area contributed by atoms with Crippen molar-refractivity contribution in [2.75, 3.05) is 23.1 Å². The summed E-state index contributed by atoms with van der Waals surface area (Å²) in [5.74, 6) is 0.664. The number of hydrogen-bond acceptors (Lipinski definition) is 7. The van der Waals surface area contributed by atoms with Gasteiger partial charge in [-0.25, -0.2) is 18.7 Å². The average Bonchev–Trinajstić information content (AvgIpc) is 3.39. The summed E-state index contributed by atoms with van der Waals surface area (Å²) < 4.78 is 35.6. The molecule has 6 rings (SSSR count). The highest BCUT2D eigenvalue weighted by Gasteiger charge is 2.39. The van der Waals surface area contributed by atoms with E-state index in [2.05, 4.69) is 20.2 Å². The number of nitrogens with one attached hydrogen (secondary N) is 1. The summed E-state index contributed by atoms with van der Waals surface area (Å²) in [6.07, 6.45) is 6.00. The van der Waals surface area contributed by atoms with Crippen LogP contribution in [-0.2, 0) is 0 Å². The summed E-state index contributed by atoms with van der Waals surface area (Å²) in [4.78, 5) is 15.8. The van der Waals surface area contributed by atoms with Gasteiger partial charge in [-0.15, -0.1) is 11.8 Å². The van der Waals surface area contributed by atoms with Crippen molar-refractivity contribution in [1.29, 1.82) is 0 Å². The standard InChI is InChI=1S/C22H18F2N6OS/c1-32-22-27-16-10-25-21(29-11-26-15-6-5-12(23)9-18(15)29)28-20(16)30(22)17-7-8-31-19-13(17)3-2-4-14(19)24/h2-6,9-11,17,22,27H,7-8H2,1H3. The molecule has 4 aromatic rings. The molecule has 7 nitrogen and oxygen atoms in total. The fraction of sp³-hybridized carbons (Fsp3) is 0.227. The second kappa shape index (κ2) is 7.33. The van der Waals surface area contributed by atoms with E-state index in [1.54, 1.807) is 41.0 Å². The van der Waals surface area contributed by atoms with Crippen molar-refractivity contribution in [3.63, 3.8) is 0 Å². The van der Waals surface area contributed by atoms with Crippen LogP contribution in [0.4, 0.5) is 20.3 Å². The third kappa shape index (κ3) is 2.89. The number of benzene rings is 2. The van der Waals surface area contributed by atoms with Gasteiger partial charge in [0.05, 0.1) is 35.6 Å². The molecule has 0 fully saturated rings. The van der Waals surface area contributed by atoms with Crippen LogP contribution in [-0.4, -0.2) is 37.9 Å². The van der Waals surface area contributed by atoms with Gasteiger partial charge in [0.15, 0.2) is 17.4 Å². The van der Waals surface area contributed by atoms with Gasteiger partial charge in [-0.3, -0.25) is 4.57 Å². The minimum Gasteiger partial charge on any atom is -0.490 e. The first kappa shape index (κ1) is 19.3. The SMILES string of the molecule is CSC1Nc2cnc(-n3cnc4ccc(F)cc43)nc2N1C1CCOc2c(F)cccc21. The van der Waals surface area contributed by atoms with Crippen molar-refractivity contribution in [1.82, 2.24) is 19.5 Å². The lowest BCUT2D eigenvalue weighted by atomic mass is 9.99. The number of halogens is 2. The number of aromatic nitrogens is 4. The first-order chi connectivity index (χ1) is 15.6. The van der Waals surface area contributed by atoms with Gasteiger partial charge < -0.3 is 15.0 Å². The Morgan fingerprint density at radius 2 is 2.09 bits per heavy atom. The van der Waals surface area contributed by atoms with Gasteiger partial charge in [0, 0.05) is 18.1 Å². The monoisotopic (exact) mass is 452 g/mol. The Morgan fingerprint density at radius 3 is 2.97 bits per heavy atom. The lowest BCUT2D eigenvalue weighted by molar-refractivity contribution is 0.251. The largest absolute Gasteiger partial charge is 0.490 e. The smallest absolute Gasteiger partial charge is 0.237 e. The van der Waals surface area contributed by atoms with Gasteiger partial charge in [0.1, 0.15) is 17.6 Å². The van der Waals surface area contributed by atoms with Crippen LogP contribution in [0, 0.1) is 11.6 Å². The molecule has 2 aromatic heterocycles. The fourth-order valence-corrected chi connectivity index (χ4v) is 5.09. The number of nitrogens with zero attached hydrogens (tertiary/aromatic N) is 5. The Kier molecular flexibility index (Phi) is 4.42. The lowest BCUT2D eigenvalue weighted by Crippen LogP contribution is -2.39. The highest BCUT2D eigenvalue weighted by Crippen LogP contribution is 2.46. The third-order valence-corrected chi connectivity index (χ3v) is 6.60. The van der Waals surface area contributed by atoms with Crippen LogP contribution in [0.15, 0.2) is 48.9 Å². The van der Waals surface area contributed by atoms with Gasteiger partial charge in [-0.2, -0.15) is 4.98 Å². The number of rotatable bonds is 3. The van der Waals surface area contributed by atoms with E-state index in [1.807, 2.05) is 12.3 Å². The number of hydrogen-bond donors (Lipinski definition) is 1. The Labute approximate surface area is 186 Å². The molecule has 0 bridgehead atoms. The highest BCUT2D eigenvalue weighted by atomic mass is 32.2. The second-order valence-electron chi connectivity index (χ2n) is 7.61. The van der Waals surface area contributed by atoms with E-state index in [0.717, 1.165) is 11.3 Å².